The summed E-state index contributed by atoms with van der Waals surface area (Å²) >= 11 is 0. The van der Waals surface area contributed by atoms with Gasteiger partial charge in [0.05, 0.1) is 29.9 Å². The number of hydrogen-bond donors (Lipinski definition) is 3. The molecule has 1 fully saturated rings. The number of benzene rings is 1. The van der Waals surface area contributed by atoms with Crippen LogP contribution >= 0.6 is 0 Å². The molecule has 5 N–H and O–H groups in total. The number of amides is 2. The summed E-state index contributed by atoms with van der Waals surface area (Å²) in [6, 6.07) is 2.40. The summed E-state index contributed by atoms with van der Waals surface area (Å²) in [5.41, 5.74) is 10.9. The maximum atomic E-state index is 13.7. The van der Waals surface area contributed by atoms with Gasteiger partial charge in [0.15, 0.2) is 17.4 Å². The van der Waals surface area contributed by atoms with E-state index in [1.807, 2.05) is 18.7 Å². The van der Waals surface area contributed by atoms with Crippen molar-refractivity contribution in [3.8, 4) is 11.6 Å². The predicted molar refractivity (Wildman–Crippen MR) is 126 cm³/mol. The molecule has 0 bridgehead atoms. The van der Waals surface area contributed by atoms with Crippen LogP contribution in [0.25, 0.3) is 0 Å². The summed E-state index contributed by atoms with van der Waals surface area (Å²) in [6.45, 7) is 7.48. The van der Waals surface area contributed by atoms with Gasteiger partial charge in [0.25, 0.3) is 0 Å². The topological polar surface area (TPSA) is 140 Å². The maximum absolute atomic E-state index is 13.7. The Balaban J connectivity index is 1.58. The molecule has 2 aromatic rings. The number of nitrogens with one attached hydrogen (secondary N) is 1. The van der Waals surface area contributed by atoms with Crippen molar-refractivity contribution in [2.24, 2.45) is 17.4 Å². The minimum absolute atomic E-state index is 0.0163. The zero-order valence-electron chi connectivity index (χ0n) is 20.0. The summed E-state index contributed by atoms with van der Waals surface area (Å²) in [4.78, 5) is 37.5. The Morgan fingerprint density at radius 1 is 1.17 bits per heavy atom. The normalized spacial score (nSPS) is 16.7. The van der Waals surface area contributed by atoms with E-state index in [2.05, 4.69) is 15.3 Å². The number of carbonyl (C=O) groups excluding carboxylic acids is 2. The lowest BCUT2D eigenvalue weighted by atomic mass is 9.94. The Hall–Kier alpha value is -3.22. The van der Waals surface area contributed by atoms with Gasteiger partial charge in [0.2, 0.25) is 17.7 Å². The molecule has 1 aromatic heterocycles. The number of anilines is 1. The molecule has 12 heteroatoms. The Morgan fingerprint density at radius 3 is 2.46 bits per heavy atom. The van der Waals surface area contributed by atoms with Gasteiger partial charge in [-0.25, -0.2) is 18.7 Å². The first-order valence-corrected chi connectivity index (χ1v) is 11.3. The van der Waals surface area contributed by atoms with Gasteiger partial charge in [-0.05, 0) is 32.9 Å². The van der Waals surface area contributed by atoms with Crippen molar-refractivity contribution >= 4 is 17.6 Å². The SMILES string of the molecule is CC(C(=O)Nc1cnc(Oc2ccc(F)cc2F)cn1)N1CCN(C(=O)C(CN)CN)C(C)(C)C1. The highest BCUT2D eigenvalue weighted by Crippen LogP contribution is 2.25. The van der Waals surface area contributed by atoms with Crippen LogP contribution in [0.3, 0.4) is 0 Å². The van der Waals surface area contributed by atoms with E-state index in [1.165, 1.54) is 12.4 Å². The molecule has 0 spiro atoms. The van der Waals surface area contributed by atoms with E-state index < -0.39 is 29.1 Å². The summed E-state index contributed by atoms with van der Waals surface area (Å²) in [5.74, 6) is -2.41. The number of nitrogens with zero attached hydrogens (tertiary/aromatic N) is 4. The number of hydrogen-bond acceptors (Lipinski definition) is 8. The summed E-state index contributed by atoms with van der Waals surface area (Å²) < 4.78 is 32.0. The Morgan fingerprint density at radius 2 is 1.89 bits per heavy atom. The van der Waals surface area contributed by atoms with Crippen LogP contribution in [0.1, 0.15) is 20.8 Å². The first-order chi connectivity index (χ1) is 16.6. The highest BCUT2D eigenvalue weighted by molar-refractivity contribution is 5.93. The summed E-state index contributed by atoms with van der Waals surface area (Å²) in [5, 5.41) is 2.70. The fraction of sp³-hybridized carbons (Fsp3) is 0.478. The van der Waals surface area contributed by atoms with Crippen LogP contribution in [0.5, 0.6) is 11.6 Å². The fourth-order valence-electron chi connectivity index (χ4n) is 3.95. The standard InChI is InChI=1S/C23H31F2N7O3/c1-14(31-6-7-32(23(2,3)13-31)22(34)15(9-26)10-27)21(33)30-19-11-29-20(12-28-19)35-18-5-4-16(24)8-17(18)25/h4-5,8,11-12,14-15H,6-7,9-10,13,26-27H2,1-3H3,(H,28,30,33). The first kappa shape index (κ1) is 26.4. The van der Waals surface area contributed by atoms with Crippen molar-refractivity contribution in [3.63, 3.8) is 0 Å². The molecule has 0 aliphatic carbocycles. The molecule has 1 aliphatic heterocycles. The van der Waals surface area contributed by atoms with E-state index in [0.29, 0.717) is 25.7 Å². The smallest absolute Gasteiger partial charge is 0.242 e. The van der Waals surface area contributed by atoms with Gasteiger partial charge in [-0.2, -0.15) is 0 Å². The molecule has 2 amide bonds. The van der Waals surface area contributed by atoms with Gasteiger partial charge in [-0.15, -0.1) is 0 Å². The van der Waals surface area contributed by atoms with Crippen LogP contribution in [0.2, 0.25) is 0 Å². The highest BCUT2D eigenvalue weighted by atomic mass is 19.1. The van der Waals surface area contributed by atoms with E-state index in [0.717, 1.165) is 12.1 Å². The Labute approximate surface area is 202 Å². The lowest BCUT2D eigenvalue weighted by Crippen LogP contribution is -2.65. The van der Waals surface area contributed by atoms with Crippen molar-refractivity contribution < 1.29 is 23.1 Å². The minimum Gasteiger partial charge on any atom is -0.434 e. The molecular weight excluding hydrogens is 460 g/mol. The molecule has 1 saturated heterocycles. The molecule has 190 valence electrons. The molecule has 35 heavy (non-hydrogen) atoms. The maximum Gasteiger partial charge on any atom is 0.242 e. The van der Waals surface area contributed by atoms with E-state index in [9.17, 15) is 18.4 Å². The number of nitrogens with two attached hydrogens (primary N) is 2. The number of halogens is 2. The largest absolute Gasteiger partial charge is 0.434 e. The van der Waals surface area contributed by atoms with Gasteiger partial charge >= 0.3 is 0 Å². The van der Waals surface area contributed by atoms with Crippen LogP contribution in [0, 0.1) is 17.6 Å². The van der Waals surface area contributed by atoms with E-state index in [4.69, 9.17) is 16.2 Å². The van der Waals surface area contributed by atoms with Crippen LogP contribution < -0.4 is 21.5 Å². The Bertz CT molecular complexity index is 1050. The van der Waals surface area contributed by atoms with Crippen LogP contribution in [0.15, 0.2) is 30.6 Å². The van der Waals surface area contributed by atoms with Crippen LogP contribution in [-0.4, -0.2) is 75.9 Å². The number of carbonyl (C=O) groups is 2. The average Bonchev–Trinajstić information content (AvgIpc) is 2.81. The van der Waals surface area contributed by atoms with Gasteiger partial charge < -0.3 is 26.4 Å². The molecule has 1 unspecified atom stereocenters. The molecular formula is C23H31F2N7O3. The van der Waals surface area contributed by atoms with E-state index in [1.54, 1.807) is 11.8 Å². The number of piperazine rings is 1. The monoisotopic (exact) mass is 491 g/mol. The number of rotatable bonds is 8. The molecule has 1 atom stereocenters. The van der Waals surface area contributed by atoms with Gasteiger partial charge in [0, 0.05) is 38.8 Å². The quantitative estimate of drug-likeness (QED) is 0.503. The van der Waals surface area contributed by atoms with Crippen molar-refractivity contribution in [2.45, 2.75) is 32.4 Å². The van der Waals surface area contributed by atoms with Crippen molar-refractivity contribution in [1.29, 1.82) is 0 Å². The molecule has 2 heterocycles. The third-order valence-corrected chi connectivity index (χ3v) is 6.03. The van der Waals surface area contributed by atoms with E-state index >= 15 is 0 Å². The lowest BCUT2D eigenvalue weighted by molar-refractivity contribution is -0.145. The number of ether oxygens (including phenoxy) is 1. The van der Waals surface area contributed by atoms with Gasteiger partial charge in [-0.1, -0.05) is 0 Å². The molecule has 10 nitrogen and oxygen atoms in total. The first-order valence-electron chi connectivity index (χ1n) is 11.3. The van der Waals surface area contributed by atoms with Crippen LogP contribution in [-0.2, 0) is 9.59 Å². The second-order valence-electron chi connectivity index (χ2n) is 9.02. The fourth-order valence-corrected chi connectivity index (χ4v) is 3.95. The zero-order chi connectivity index (χ0) is 25.8. The average molecular weight is 492 g/mol. The summed E-state index contributed by atoms with van der Waals surface area (Å²) in [7, 11) is 0. The van der Waals surface area contributed by atoms with Gasteiger partial charge in [-0.3, -0.25) is 14.5 Å². The molecule has 3 rings (SSSR count). The molecule has 0 radical (unpaired) electrons. The minimum atomic E-state index is -0.871. The predicted octanol–water partition coefficient (Wildman–Crippen LogP) is 1.33. The third kappa shape index (κ3) is 6.27. The highest BCUT2D eigenvalue weighted by Gasteiger charge is 2.40. The second-order valence-corrected chi connectivity index (χ2v) is 9.02. The molecule has 1 aromatic carbocycles. The second kappa shape index (κ2) is 11.0. The molecule has 1 aliphatic rings. The van der Waals surface area contributed by atoms with Crippen LogP contribution in [0.4, 0.5) is 14.6 Å². The zero-order valence-corrected chi connectivity index (χ0v) is 20.0. The Kier molecular flexibility index (Phi) is 8.30. The van der Waals surface area contributed by atoms with E-state index in [-0.39, 0.29) is 42.4 Å². The summed E-state index contributed by atoms with van der Waals surface area (Å²) in [6.07, 6.45) is 2.50. The van der Waals surface area contributed by atoms with Crippen molar-refractivity contribution in [1.82, 2.24) is 19.8 Å². The van der Waals surface area contributed by atoms with Crippen molar-refractivity contribution in [2.75, 3.05) is 38.0 Å². The lowest BCUT2D eigenvalue weighted by Gasteiger charge is -2.49. The third-order valence-electron chi connectivity index (χ3n) is 6.03. The van der Waals surface area contributed by atoms with Gasteiger partial charge in [0.1, 0.15) is 5.82 Å². The van der Waals surface area contributed by atoms with Crippen molar-refractivity contribution in [3.05, 3.63) is 42.2 Å². The number of aromatic nitrogens is 2. The molecule has 0 saturated carbocycles.